The van der Waals surface area contributed by atoms with E-state index in [1.165, 1.54) is 32.1 Å². The third kappa shape index (κ3) is 3.72. The summed E-state index contributed by atoms with van der Waals surface area (Å²) in [5.41, 5.74) is 2.54. The van der Waals surface area contributed by atoms with Crippen molar-refractivity contribution in [1.29, 1.82) is 0 Å². The van der Waals surface area contributed by atoms with Gasteiger partial charge in [-0.25, -0.2) is 5.84 Å². The second-order valence-corrected chi connectivity index (χ2v) is 6.17. The first kappa shape index (κ1) is 14.3. The summed E-state index contributed by atoms with van der Waals surface area (Å²) in [6.07, 6.45) is 6.38. The van der Waals surface area contributed by atoms with Crippen LogP contribution in [-0.2, 0) is 0 Å². The number of hydrazine groups is 1. The van der Waals surface area contributed by atoms with Crippen molar-refractivity contribution >= 4 is 17.8 Å². The Labute approximate surface area is 125 Å². The van der Waals surface area contributed by atoms with Crippen LogP contribution in [0, 0.1) is 11.8 Å². The largest absolute Gasteiger partial charge is 0.354 e. The van der Waals surface area contributed by atoms with Gasteiger partial charge in [0.2, 0.25) is 17.8 Å². The summed E-state index contributed by atoms with van der Waals surface area (Å²) in [7, 11) is 0. The lowest BCUT2D eigenvalue weighted by atomic mass is 10.1. The number of anilines is 3. The minimum atomic E-state index is 0.423. The van der Waals surface area contributed by atoms with Gasteiger partial charge in [0.1, 0.15) is 0 Å². The Bertz CT molecular complexity index is 468. The Kier molecular flexibility index (Phi) is 4.38. The van der Waals surface area contributed by atoms with Gasteiger partial charge in [0.05, 0.1) is 0 Å². The fourth-order valence-electron chi connectivity index (χ4n) is 2.83. The minimum absolute atomic E-state index is 0.423. The van der Waals surface area contributed by atoms with Crippen LogP contribution in [0.3, 0.4) is 0 Å². The van der Waals surface area contributed by atoms with Crippen LogP contribution in [0.2, 0.25) is 0 Å². The lowest BCUT2D eigenvalue weighted by Gasteiger charge is -2.27. The molecule has 1 aromatic rings. The summed E-state index contributed by atoms with van der Waals surface area (Å²) >= 11 is 0. The van der Waals surface area contributed by atoms with Crippen molar-refractivity contribution in [2.75, 3.05) is 35.3 Å². The van der Waals surface area contributed by atoms with E-state index in [0.717, 1.165) is 31.5 Å². The lowest BCUT2D eigenvalue weighted by Crippen LogP contribution is -2.32. The number of hydrogen-bond donors (Lipinski definition) is 3. The Morgan fingerprint density at radius 3 is 2.52 bits per heavy atom. The second kappa shape index (κ2) is 6.43. The van der Waals surface area contributed by atoms with Crippen LogP contribution in [0.4, 0.5) is 17.8 Å². The molecule has 2 fully saturated rings. The molecule has 0 aromatic carbocycles. The molecule has 1 aromatic heterocycles. The van der Waals surface area contributed by atoms with E-state index in [-0.39, 0.29) is 0 Å². The van der Waals surface area contributed by atoms with Crippen molar-refractivity contribution in [3.63, 3.8) is 0 Å². The Morgan fingerprint density at radius 1 is 1.14 bits per heavy atom. The molecule has 21 heavy (non-hydrogen) atoms. The quantitative estimate of drug-likeness (QED) is 0.541. The fraction of sp³-hybridized carbons (Fsp3) is 0.786. The van der Waals surface area contributed by atoms with Crippen LogP contribution < -0.4 is 21.5 Å². The Hall–Kier alpha value is -1.63. The number of aromatic nitrogens is 3. The third-order valence-electron chi connectivity index (χ3n) is 4.40. The fourth-order valence-corrected chi connectivity index (χ4v) is 2.83. The number of nitrogens with one attached hydrogen (secondary N) is 2. The van der Waals surface area contributed by atoms with E-state index in [0.29, 0.717) is 17.8 Å². The highest BCUT2D eigenvalue weighted by Crippen LogP contribution is 2.36. The van der Waals surface area contributed by atoms with Crippen LogP contribution in [0.1, 0.15) is 39.0 Å². The van der Waals surface area contributed by atoms with E-state index in [1.54, 1.807) is 0 Å². The van der Waals surface area contributed by atoms with Crippen molar-refractivity contribution in [3.05, 3.63) is 0 Å². The first-order chi connectivity index (χ1) is 10.3. The van der Waals surface area contributed by atoms with Gasteiger partial charge in [0.25, 0.3) is 0 Å². The van der Waals surface area contributed by atoms with Crippen LogP contribution in [0.25, 0.3) is 0 Å². The molecular formula is C14H25N7. The third-order valence-corrected chi connectivity index (χ3v) is 4.40. The number of rotatable bonds is 6. The normalized spacial score (nSPS) is 20.2. The van der Waals surface area contributed by atoms with Gasteiger partial charge in [-0.1, -0.05) is 6.92 Å². The molecule has 7 nitrogen and oxygen atoms in total. The molecule has 2 heterocycles. The van der Waals surface area contributed by atoms with Gasteiger partial charge in [0.15, 0.2) is 0 Å². The first-order valence-corrected chi connectivity index (χ1v) is 7.98. The molecule has 2 aliphatic rings. The number of nitrogens with zero attached hydrogens (tertiary/aromatic N) is 4. The van der Waals surface area contributed by atoms with Crippen molar-refractivity contribution in [2.45, 2.75) is 39.0 Å². The Morgan fingerprint density at radius 2 is 1.86 bits per heavy atom. The standard InChI is InChI=1S/C14H25N7/c1-10(11-5-6-11)9-16-12-17-13(20-15)19-14(18-12)21-7-3-2-4-8-21/h10-11H,2-9,15H2,1H3,(H2,16,17,18,19,20). The molecule has 0 bridgehead atoms. The van der Waals surface area contributed by atoms with Crippen LogP contribution >= 0.6 is 0 Å². The van der Waals surface area contributed by atoms with Gasteiger partial charge in [-0.05, 0) is 43.9 Å². The summed E-state index contributed by atoms with van der Waals surface area (Å²) in [5, 5.41) is 3.34. The van der Waals surface area contributed by atoms with Crippen molar-refractivity contribution in [3.8, 4) is 0 Å². The van der Waals surface area contributed by atoms with Crippen molar-refractivity contribution in [1.82, 2.24) is 15.0 Å². The van der Waals surface area contributed by atoms with Crippen LogP contribution in [-0.4, -0.2) is 34.6 Å². The number of piperidine rings is 1. The zero-order valence-electron chi connectivity index (χ0n) is 12.7. The number of hydrogen-bond acceptors (Lipinski definition) is 7. The molecule has 0 spiro atoms. The predicted molar refractivity (Wildman–Crippen MR) is 84.1 cm³/mol. The van der Waals surface area contributed by atoms with Gasteiger partial charge in [-0.2, -0.15) is 15.0 Å². The molecule has 7 heteroatoms. The molecule has 1 atom stereocenters. The van der Waals surface area contributed by atoms with Crippen LogP contribution in [0.15, 0.2) is 0 Å². The van der Waals surface area contributed by atoms with Gasteiger partial charge >= 0.3 is 0 Å². The highest BCUT2D eigenvalue weighted by molar-refractivity contribution is 5.43. The summed E-state index contributed by atoms with van der Waals surface area (Å²) < 4.78 is 0. The average Bonchev–Trinajstić information content (AvgIpc) is 3.38. The molecule has 4 N–H and O–H groups in total. The summed E-state index contributed by atoms with van der Waals surface area (Å²) in [6, 6.07) is 0. The SMILES string of the molecule is CC(CNc1nc(NN)nc(N2CCCCC2)n1)C1CC1. The molecule has 1 saturated heterocycles. The van der Waals surface area contributed by atoms with Gasteiger partial charge < -0.3 is 10.2 Å². The molecule has 1 unspecified atom stereocenters. The molecule has 1 aliphatic heterocycles. The molecule has 0 amide bonds. The maximum Gasteiger partial charge on any atom is 0.243 e. The summed E-state index contributed by atoms with van der Waals surface area (Å²) in [4.78, 5) is 15.4. The first-order valence-electron chi connectivity index (χ1n) is 7.98. The van der Waals surface area contributed by atoms with Crippen molar-refractivity contribution < 1.29 is 0 Å². The van der Waals surface area contributed by atoms with E-state index in [1.807, 2.05) is 0 Å². The molecule has 0 radical (unpaired) electrons. The highest BCUT2D eigenvalue weighted by atomic mass is 15.4. The molecule has 3 rings (SSSR count). The zero-order chi connectivity index (χ0) is 14.7. The average molecular weight is 291 g/mol. The second-order valence-electron chi connectivity index (χ2n) is 6.17. The van der Waals surface area contributed by atoms with E-state index >= 15 is 0 Å². The van der Waals surface area contributed by atoms with Gasteiger partial charge in [0, 0.05) is 19.6 Å². The van der Waals surface area contributed by atoms with Gasteiger partial charge in [-0.3, -0.25) is 5.43 Å². The smallest absolute Gasteiger partial charge is 0.243 e. The lowest BCUT2D eigenvalue weighted by molar-refractivity contribution is 0.534. The van der Waals surface area contributed by atoms with E-state index in [9.17, 15) is 0 Å². The van der Waals surface area contributed by atoms with E-state index in [2.05, 4.69) is 37.5 Å². The summed E-state index contributed by atoms with van der Waals surface area (Å²) in [5.74, 6) is 8.77. The van der Waals surface area contributed by atoms with E-state index < -0.39 is 0 Å². The molecular weight excluding hydrogens is 266 g/mol. The topological polar surface area (TPSA) is 92.0 Å². The van der Waals surface area contributed by atoms with Crippen LogP contribution in [0.5, 0.6) is 0 Å². The van der Waals surface area contributed by atoms with Gasteiger partial charge in [-0.15, -0.1) is 0 Å². The molecule has 116 valence electrons. The highest BCUT2D eigenvalue weighted by Gasteiger charge is 2.27. The maximum absolute atomic E-state index is 5.48. The summed E-state index contributed by atoms with van der Waals surface area (Å²) in [6.45, 7) is 5.19. The molecule has 1 aliphatic carbocycles. The van der Waals surface area contributed by atoms with Crippen molar-refractivity contribution in [2.24, 2.45) is 17.7 Å². The maximum atomic E-state index is 5.48. The minimum Gasteiger partial charge on any atom is -0.354 e. The Balaban J connectivity index is 1.69. The number of nitrogens with two attached hydrogens (primary N) is 1. The predicted octanol–water partition coefficient (Wildman–Crippen LogP) is 1.61. The monoisotopic (exact) mass is 291 g/mol. The van der Waals surface area contributed by atoms with E-state index in [4.69, 9.17) is 5.84 Å². The molecule has 1 saturated carbocycles. The number of nitrogen functional groups attached to an aromatic ring is 1. The zero-order valence-corrected chi connectivity index (χ0v) is 12.7.